The molecule has 0 radical (unpaired) electrons. The molecule has 0 aliphatic rings. The van der Waals surface area contributed by atoms with E-state index in [1.807, 2.05) is 36.4 Å². The molecular weight excluding hydrogens is 217 g/mol. The Labute approximate surface area is 87.5 Å². The van der Waals surface area contributed by atoms with E-state index < -0.39 is 7.15 Å². The SMILES string of the molecule is O=[PH](Cl)Cc1ccc2ccccc2n1. The second kappa shape index (κ2) is 4.12. The lowest BCUT2D eigenvalue weighted by Gasteiger charge is -1.99. The van der Waals surface area contributed by atoms with Crippen LogP contribution in [-0.2, 0) is 10.7 Å². The summed E-state index contributed by atoms with van der Waals surface area (Å²) in [5.74, 6) is 0. The maximum atomic E-state index is 10.9. The summed E-state index contributed by atoms with van der Waals surface area (Å²) in [4.78, 5) is 4.36. The molecule has 0 spiro atoms. The average Bonchev–Trinajstić information content (AvgIpc) is 2.17. The zero-order valence-electron chi connectivity index (χ0n) is 7.40. The van der Waals surface area contributed by atoms with Gasteiger partial charge >= 0.3 is 0 Å². The number of aromatic nitrogens is 1. The van der Waals surface area contributed by atoms with Crippen LogP contribution in [0.4, 0.5) is 0 Å². The van der Waals surface area contributed by atoms with Crippen LogP contribution in [0, 0.1) is 0 Å². The van der Waals surface area contributed by atoms with Crippen molar-refractivity contribution in [1.82, 2.24) is 4.98 Å². The maximum Gasteiger partial charge on any atom is 0.163 e. The molecule has 0 aliphatic heterocycles. The number of pyridine rings is 1. The lowest BCUT2D eigenvalue weighted by atomic mass is 10.2. The van der Waals surface area contributed by atoms with Crippen LogP contribution in [0.3, 0.4) is 0 Å². The van der Waals surface area contributed by atoms with E-state index in [9.17, 15) is 4.57 Å². The van der Waals surface area contributed by atoms with Gasteiger partial charge in [0.15, 0.2) is 7.15 Å². The van der Waals surface area contributed by atoms with Crippen molar-refractivity contribution in [1.29, 1.82) is 0 Å². The maximum absolute atomic E-state index is 10.9. The largest absolute Gasteiger partial charge is 0.310 e. The standard InChI is InChI=1S/C10H9ClNOP/c11-14(13)7-9-6-5-8-3-1-2-4-10(8)12-9/h1-6,14H,7H2. The van der Waals surface area contributed by atoms with Crippen LogP contribution < -0.4 is 0 Å². The van der Waals surface area contributed by atoms with E-state index in [0.717, 1.165) is 16.6 Å². The Morgan fingerprint density at radius 2 is 2.00 bits per heavy atom. The van der Waals surface area contributed by atoms with Gasteiger partial charge in [0, 0.05) is 11.1 Å². The molecular formula is C10H9ClNOP. The highest BCUT2D eigenvalue weighted by molar-refractivity contribution is 7.73. The topological polar surface area (TPSA) is 30.0 Å². The zero-order chi connectivity index (χ0) is 9.97. The van der Waals surface area contributed by atoms with E-state index in [2.05, 4.69) is 4.98 Å². The van der Waals surface area contributed by atoms with Gasteiger partial charge in [-0.1, -0.05) is 35.5 Å². The first-order valence-electron chi connectivity index (χ1n) is 4.29. The number of hydrogen-bond donors (Lipinski definition) is 0. The van der Waals surface area contributed by atoms with Gasteiger partial charge in [-0.05, 0) is 12.1 Å². The van der Waals surface area contributed by atoms with Crippen LogP contribution in [0.5, 0.6) is 0 Å². The molecule has 1 aromatic carbocycles. The molecule has 2 aromatic rings. The molecule has 1 heterocycles. The molecule has 72 valence electrons. The minimum absolute atomic E-state index is 0.372. The quantitative estimate of drug-likeness (QED) is 0.733. The van der Waals surface area contributed by atoms with Gasteiger partial charge in [-0.3, -0.25) is 4.98 Å². The lowest BCUT2D eigenvalue weighted by molar-refractivity contribution is 0.595. The summed E-state index contributed by atoms with van der Waals surface area (Å²) in [5.41, 5.74) is 1.72. The average molecular weight is 226 g/mol. The van der Waals surface area contributed by atoms with Gasteiger partial charge in [0.05, 0.1) is 11.7 Å². The number of rotatable bonds is 2. The van der Waals surface area contributed by atoms with E-state index in [1.54, 1.807) is 0 Å². The second-order valence-electron chi connectivity index (χ2n) is 3.03. The molecule has 4 heteroatoms. The van der Waals surface area contributed by atoms with Gasteiger partial charge in [-0.25, -0.2) is 0 Å². The summed E-state index contributed by atoms with van der Waals surface area (Å²) in [6.07, 6.45) is 0.372. The van der Waals surface area contributed by atoms with Crippen molar-refractivity contribution in [3.05, 3.63) is 42.1 Å². The smallest absolute Gasteiger partial charge is 0.163 e. The van der Waals surface area contributed by atoms with E-state index in [4.69, 9.17) is 11.2 Å². The summed E-state index contributed by atoms with van der Waals surface area (Å²) in [6.45, 7) is 0. The van der Waals surface area contributed by atoms with E-state index in [1.165, 1.54) is 0 Å². The molecule has 1 atom stereocenters. The van der Waals surface area contributed by atoms with Crippen molar-refractivity contribution in [3.63, 3.8) is 0 Å². The summed E-state index contributed by atoms with van der Waals surface area (Å²) < 4.78 is 10.9. The van der Waals surface area contributed by atoms with Gasteiger partial charge in [0.1, 0.15) is 0 Å². The fraction of sp³-hybridized carbons (Fsp3) is 0.100. The summed E-state index contributed by atoms with van der Waals surface area (Å²) in [7, 11) is -2.00. The van der Waals surface area contributed by atoms with Gasteiger partial charge in [-0.2, -0.15) is 0 Å². The fourth-order valence-electron chi connectivity index (χ4n) is 1.35. The number of benzene rings is 1. The number of halogens is 1. The first-order valence-corrected chi connectivity index (χ1v) is 6.91. The van der Waals surface area contributed by atoms with Crippen molar-refractivity contribution in [3.8, 4) is 0 Å². The van der Waals surface area contributed by atoms with Crippen molar-refractivity contribution in [2.45, 2.75) is 6.16 Å². The predicted molar refractivity (Wildman–Crippen MR) is 60.3 cm³/mol. The number of para-hydroxylation sites is 1. The Hall–Kier alpha value is -0.850. The van der Waals surface area contributed by atoms with E-state index in [-0.39, 0.29) is 0 Å². The summed E-state index contributed by atoms with van der Waals surface area (Å²) >= 11 is 5.47. The van der Waals surface area contributed by atoms with Gasteiger partial charge in [0.25, 0.3) is 0 Å². The fourth-order valence-corrected chi connectivity index (χ4v) is 2.24. The van der Waals surface area contributed by atoms with Crippen LogP contribution in [-0.4, -0.2) is 4.98 Å². The molecule has 0 amide bonds. The summed E-state index contributed by atoms with van der Waals surface area (Å²) in [5, 5.41) is 1.09. The Balaban J connectivity index is 2.46. The highest BCUT2D eigenvalue weighted by atomic mass is 35.7. The molecule has 1 aromatic heterocycles. The Morgan fingerprint density at radius 3 is 2.79 bits per heavy atom. The Kier molecular flexibility index (Phi) is 2.85. The normalized spacial score (nSPS) is 12.9. The summed E-state index contributed by atoms with van der Waals surface area (Å²) in [6, 6.07) is 11.7. The molecule has 0 saturated carbocycles. The van der Waals surface area contributed by atoms with Crippen LogP contribution in [0.25, 0.3) is 10.9 Å². The third kappa shape index (κ3) is 2.14. The molecule has 0 N–H and O–H groups in total. The predicted octanol–water partition coefficient (Wildman–Crippen LogP) is 3.45. The van der Waals surface area contributed by atoms with Crippen molar-refractivity contribution in [2.24, 2.45) is 0 Å². The van der Waals surface area contributed by atoms with Crippen LogP contribution in [0.2, 0.25) is 0 Å². The molecule has 0 fully saturated rings. The second-order valence-corrected chi connectivity index (χ2v) is 5.36. The Morgan fingerprint density at radius 1 is 1.21 bits per heavy atom. The van der Waals surface area contributed by atoms with Crippen molar-refractivity contribution >= 4 is 29.3 Å². The molecule has 2 nitrogen and oxygen atoms in total. The van der Waals surface area contributed by atoms with Gasteiger partial charge < -0.3 is 4.57 Å². The third-order valence-corrected chi connectivity index (χ3v) is 3.02. The molecule has 2 rings (SSSR count). The first kappa shape index (κ1) is 9.70. The lowest BCUT2D eigenvalue weighted by Crippen LogP contribution is -1.86. The number of hydrogen-bond acceptors (Lipinski definition) is 2. The van der Waals surface area contributed by atoms with Gasteiger partial charge in [-0.15, -0.1) is 0 Å². The first-order chi connectivity index (χ1) is 6.75. The zero-order valence-corrected chi connectivity index (χ0v) is 9.16. The van der Waals surface area contributed by atoms with E-state index >= 15 is 0 Å². The van der Waals surface area contributed by atoms with Crippen LogP contribution in [0.15, 0.2) is 36.4 Å². The molecule has 14 heavy (non-hydrogen) atoms. The highest BCUT2D eigenvalue weighted by Crippen LogP contribution is 2.31. The third-order valence-electron chi connectivity index (χ3n) is 1.98. The van der Waals surface area contributed by atoms with Crippen LogP contribution in [0.1, 0.15) is 5.69 Å². The molecule has 0 bridgehead atoms. The molecule has 0 saturated heterocycles. The van der Waals surface area contributed by atoms with Crippen LogP contribution >= 0.6 is 18.4 Å². The number of fused-ring (bicyclic) bond motifs is 1. The molecule has 0 aliphatic carbocycles. The Bertz CT molecular complexity index is 486. The monoisotopic (exact) mass is 225 g/mol. The van der Waals surface area contributed by atoms with Crippen molar-refractivity contribution < 1.29 is 4.57 Å². The minimum atomic E-state index is -2.00. The van der Waals surface area contributed by atoms with Crippen molar-refractivity contribution in [2.75, 3.05) is 0 Å². The minimum Gasteiger partial charge on any atom is -0.310 e. The number of nitrogens with zero attached hydrogens (tertiary/aromatic N) is 1. The highest BCUT2D eigenvalue weighted by Gasteiger charge is 2.00. The van der Waals surface area contributed by atoms with E-state index in [0.29, 0.717) is 6.16 Å². The molecule has 1 unspecified atom stereocenters. The van der Waals surface area contributed by atoms with Gasteiger partial charge in [0.2, 0.25) is 0 Å².